The van der Waals surface area contributed by atoms with Crippen molar-refractivity contribution in [2.45, 2.75) is 49.5 Å². The second kappa shape index (κ2) is 11.4. The van der Waals surface area contributed by atoms with Gasteiger partial charge >= 0.3 is 0 Å². The van der Waals surface area contributed by atoms with Crippen LogP contribution in [0.25, 0.3) is 22.3 Å². The zero-order chi connectivity index (χ0) is 27.4. The SMILES string of the molecule is CCc1ccccc1C1=C(C)c2ccccc2C1(Cl)[Si]C1(Cl)C(c2ccccc2CC)=C(C)c2ccccc21.[Zr]. The Labute approximate surface area is 270 Å². The first-order chi connectivity index (χ1) is 18.8. The third-order valence-electron chi connectivity index (χ3n) is 8.52. The molecule has 2 aliphatic carbocycles. The molecule has 2 radical (unpaired) electrons. The molecule has 0 amide bonds. The smallest absolute Gasteiger partial charge is 0.113 e. The van der Waals surface area contributed by atoms with Crippen molar-refractivity contribution in [3.05, 3.63) is 142 Å². The fourth-order valence-corrected chi connectivity index (χ4v) is 10.6. The summed E-state index contributed by atoms with van der Waals surface area (Å²) in [5.41, 5.74) is 14.8. The summed E-state index contributed by atoms with van der Waals surface area (Å²) in [4.78, 5) is 0. The van der Waals surface area contributed by atoms with Gasteiger partial charge in [0.1, 0.15) is 9.52 Å². The van der Waals surface area contributed by atoms with E-state index in [9.17, 15) is 0 Å². The quantitative estimate of drug-likeness (QED) is 0.143. The predicted molar refractivity (Wildman–Crippen MR) is 170 cm³/mol. The molecule has 0 saturated carbocycles. The van der Waals surface area contributed by atoms with Crippen LogP contribution in [0.3, 0.4) is 0 Å². The van der Waals surface area contributed by atoms with E-state index in [-0.39, 0.29) is 35.7 Å². The summed E-state index contributed by atoms with van der Waals surface area (Å²) < 4.78 is -1.53. The summed E-state index contributed by atoms with van der Waals surface area (Å²) in [5, 5.41) is 0. The molecule has 0 saturated heterocycles. The van der Waals surface area contributed by atoms with E-state index < -0.39 is 8.99 Å². The van der Waals surface area contributed by atoms with Crippen LogP contribution in [0.15, 0.2) is 97.1 Å². The maximum Gasteiger partial charge on any atom is 0.119 e. The molecule has 0 N–H and O–H groups in total. The van der Waals surface area contributed by atoms with Crippen molar-refractivity contribution in [1.29, 1.82) is 0 Å². The molecule has 0 spiro atoms. The molecule has 0 aromatic heterocycles. The molecular weight excluding hydrogens is 623 g/mol. The normalized spacial score (nSPS) is 21.4. The third-order valence-corrected chi connectivity index (χ3v) is 11.6. The predicted octanol–water partition coefficient (Wildman–Crippen LogP) is 9.89. The molecule has 4 aromatic carbocycles. The minimum absolute atomic E-state index is 0. The Morgan fingerprint density at radius 1 is 0.525 bits per heavy atom. The summed E-state index contributed by atoms with van der Waals surface area (Å²) >= 11 is 16.2. The summed E-state index contributed by atoms with van der Waals surface area (Å²) in [7, 11) is 0.174. The number of hydrogen-bond acceptors (Lipinski definition) is 0. The van der Waals surface area contributed by atoms with Crippen molar-refractivity contribution in [1.82, 2.24) is 0 Å². The zero-order valence-electron chi connectivity index (χ0n) is 23.4. The molecule has 0 bridgehead atoms. The summed E-state index contributed by atoms with van der Waals surface area (Å²) in [5.74, 6) is 0. The first-order valence-electron chi connectivity index (χ1n) is 13.8. The fraction of sp³-hybridized carbons (Fsp3) is 0.222. The number of benzene rings is 4. The van der Waals surface area contributed by atoms with E-state index in [1.165, 1.54) is 55.7 Å². The number of rotatable bonds is 6. The Hall–Kier alpha value is -1.96. The van der Waals surface area contributed by atoms with E-state index in [1.54, 1.807) is 0 Å². The van der Waals surface area contributed by atoms with E-state index in [1.807, 2.05) is 0 Å². The Bertz CT molecular complexity index is 1550. The van der Waals surface area contributed by atoms with Gasteiger partial charge in [0, 0.05) is 26.2 Å². The van der Waals surface area contributed by atoms with Gasteiger partial charge in [-0.2, -0.15) is 0 Å². The molecule has 198 valence electrons. The van der Waals surface area contributed by atoms with Crippen LogP contribution in [0, 0.1) is 0 Å². The Kier molecular flexibility index (Phi) is 8.40. The van der Waals surface area contributed by atoms with Crippen LogP contribution < -0.4 is 0 Å². The molecule has 0 aliphatic heterocycles. The molecule has 0 fully saturated rings. The molecule has 0 nitrogen and oxygen atoms in total. The average molecular weight is 655 g/mol. The molecule has 2 atom stereocenters. The van der Waals surface area contributed by atoms with E-state index in [4.69, 9.17) is 23.2 Å². The van der Waals surface area contributed by atoms with Gasteiger partial charge in [0.2, 0.25) is 0 Å². The van der Waals surface area contributed by atoms with E-state index in [0.29, 0.717) is 0 Å². The van der Waals surface area contributed by atoms with Crippen molar-refractivity contribution >= 4 is 55.0 Å². The van der Waals surface area contributed by atoms with Gasteiger partial charge in [-0.25, -0.2) is 0 Å². The first kappa shape index (κ1) is 29.5. The Morgan fingerprint density at radius 3 is 1.23 bits per heavy atom. The molecule has 40 heavy (non-hydrogen) atoms. The maximum atomic E-state index is 8.08. The van der Waals surface area contributed by atoms with Gasteiger partial charge in [-0.1, -0.05) is 111 Å². The number of allylic oxidation sites excluding steroid dienone is 4. The van der Waals surface area contributed by atoms with Crippen LogP contribution in [0.2, 0.25) is 0 Å². The van der Waals surface area contributed by atoms with E-state index in [2.05, 4.69) is 125 Å². The minimum atomic E-state index is -0.766. The summed E-state index contributed by atoms with van der Waals surface area (Å²) in [6.45, 7) is 8.90. The van der Waals surface area contributed by atoms with Crippen LogP contribution >= 0.6 is 23.2 Å². The molecule has 4 aromatic rings. The molecule has 4 heteroatoms. The molecule has 2 aliphatic rings. The van der Waals surface area contributed by atoms with Crippen molar-refractivity contribution in [3.63, 3.8) is 0 Å². The number of halogens is 2. The van der Waals surface area contributed by atoms with Crippen LogP contribution in [-0.2, 0) is 48.0 Å². The van der Waals surface area contributed by atoms with E-state index >= 15 is 0 Å². The topological polar surface area (TPSA) is 0 Å². The number of aryl methyl sites for hydroxylation is 2. The van der Waals surface area contributed by atoms with Gasteiger partial charge in [0.15, 0.2) is 0 Å². The molecule has 0 heterocycles. The van der Waals surface area contributed by atoms with Gasteiger partial charge in [-0.15, -0.1) is 23.2 Å². The standard InChI is InChI=1S/C36H32Cl2Si.Zr/c1-5-25-15-7-9-19-29(25)33-23(3)27-17-11-13-21-31(27)35(33,37)39-36(38)32-22-14-12-18-28(32)24(4)34(36)30-20-10-8-16-26(30)6-2;/h7-22H,5-6H2,1-4H3;. The maximum absolute atomic E-state index is 8.08. The van der Waals surface area contributed by atoms with Crippen LogP contribution in [0.1, 0.15) is 72.2 Å². The van der Waals surface area contributed by atoms with Gasteiger partial charge in [0.25, 0.3) is 0 Å². The average Bonchev–Trinajstić information content (AvgIpc) is 3.32. The zero-order valence-corrected chi connectivity index (χ0v) is 28.4. The van der Waals surface area contributed by atoms with Crippen molar-refractivity contribution in [2.75, 3.05) is 0 Å². The monoisotopic (exact) mass is 652 g/mol. The van der Waals surface area contributed by atoms with Crippen LogP contribution in [0.5, 0.6) is 0 Å². The minimum Gasteiger partial charge on any atom is -0.113 e. The van der Waals surface area contributed by atoms with Crippen LogP contribution in [0.4, 0.5) is 0 Å². The van der Waals surface area contributed by atoms with Gasteiger partial charge in [-0.05, 0) is 93.5 Å². The molecule has 6 rings (SSSR count). The van der Waals surface area contributed by atoms with Crippen molar-refractivity contribution < 1.29 is 26.2 Å². The van der Waals surface area contributed by atoms with Crippen molar-refractivity contribution in [2.24, 2.45) is 0 Å². The number of hydrogen-bond donors (Lipinski definition) is 0. The second-order valence-corrected chi connectivity index (χ2v) is 14.1. The van der Waals surface area contributed by atoms with E-state index in [0.717, 1.165) is 24.0 Å². The van der Waals surface area contributed by atoms with Gasteiger partial charge in [0.05, 0.1) is 8.99 Å². The van der Waals surface area contributed by atoms with Gasteiger partial charge in [-0.3, -0.25) is 0 Å². The first-order valence-corrected chi connectivity index (χ1v) is 15.6. The number of alkyl halides is 2. The van der Waals surface area contributed by atoms with Crippen LogP contribution in [-0.4, -0.2) is 9.52 Å². The largest absolute Gasteiger partial charge is 0.119 e. The fourth-order valence-electron chi connectivity index (χ4n) is 6.69. The third kappa shape index (κ3) is 4.42. The molecular formula is C36H32Cl2SiZr. The molecule has 2 unspecified atom stereocenters. The summed E-state index contributed by atoms with van der Waals surface area (Å²) in [6, 6.07) is 34.7. The second-order valence-electron chi connectivity index (χ2n) is 10.6. The Balaban J connectivity index is 0.00000323. The number of fused-ring (bicyclic) bond motifs is 2. The summed E-state index contributed by atoms with van der Waals surface area (Å²) in [6.07, 6.45) is 1.89. The van der Waals surface area contributed by atoms with Gasteiger partial charge < -0.3 is 0 Å². The Morgan fingerprint density at radius 2 is 0.850 bits per heavy atom. The van der Waals surface area contributed by atoms with Crippen molar-refractivity contribution in [3.8, 4) is 0 Å².